The molecule has 0 fully saturated rings. The van der Waals surface area contributed by atoms with Crippen molar-refractivity contribution in [1.29, 1.82) is 0 Å². The van der Waals surface area contributed by atoms with Gasteiger partial charge in [0, 0.05) is 17.2 Å². The second kappa shape index (κ2) is 5.60. The van der Waals surface area contributed by atoms with E-state index < -0.39 is 11.9 Å². The van der Waals surface area contributed by atoms with E-state index in [-0.39, 0.29) is 5.41 Å². The standard InChI is InChI=1S/C12H20N2O2S/c1-12(2,3)9-7-17-10(14-9)6-8(4-5-13)11(15)16/h7-8H,4-6,13H2,1-3H3,(H,15,16). The van der Waals surface area contributed by atoms with E-state index in [1.807, 2.05) is 5.38 Å². The number of thiazole rings is 1. The number of nitrogens with two attached hydrogens (primary N) is 1. The molecule has 3 N–H and O–H groups in total. The molecular formula is C12H20N2O2S. The summed E-state index contributed by atoms with van der Waals surface area (Å²) in [6.07, 6.45) is 0.979. The van der Waals surface area contributed by atoms with Gasteiger partial charge < -0.3 is 10.8 Å². The number of hydrogen-bond donors (Lipinski definition) is 2. The zero-order valence-electron chi connectivity index (χ0n) is 10.6. The number of aliphatic carboxylic acids is 1. The quantitative estimate of drug-likeness (QED) is 0.845. The Morgan fingerprint density at radius 3 is 2.65 bits per heavy atom. The summed E-state index contributed by atoms with van der Waals surface area (Å²) in [5, 5.41) is 11.9. The molecule has 0 spiro atoms. The molecule has 0 aliphatic carbocycles. The number of nitrogens with zero attached hydrogens (tertiary/aromatic N) is 1. The molecule has 0 radical (unpaired) electrons. The van der Waals surface area contributed by atoms with Gasteiger partial charge in [-0.25, -0.2) is 4.98 Å². The summed E-state index contributed by atoms with van der Waals surface area (Å²) in [7, 11) is 0. The van der Waals surface area contributed by atoms with Gasteiger partial charge in [-0.3, -0.25) is 4.79 Å². The first-order valence-electron chi connectivity index (χ1n) is 5.72. The number of rotatable bonds is 5. The average Bonchev–Trinajstić information content (AvgIpc) is 2.64. The van der Waals surface area contributed by atoms with Crippen LogP contribution in [0.4, 0.5) is 0 Å². The van der Waals surface area contributed by atoms with Gasteiger partial charge in [0.15, 0.2) is 0 Å². The molecule has 0 aliphatic heterocycles. The normalized spacial score (nSPS) is 13.6. The highest BCUT2D eigenvalue weighted by Gasteiger charge is 2.21. The first kappa shape index (κ1) is 14.1. The van der Waals surface area contributed by atoms with E-state index in [4.69, 9.17) is 10.8 Å². The third-order valence-electron chi connectivity index (χ3n) is 2.61. The summed E-state index contributed by atoms with van der Waals surface area (Å²) in [6.45, 7) is 6.69. The molecule has 1 rings (SSSR count). The van der Waals surface area contributed by atoms with Gasteiger partial charge in [0.2, 0.25) is 0 Å². The summed E-state index contributed by atoms with van der Waals surface area (Å²) >= 11 is 1.53. The summed E-state index contributed by atoms with van der Waals surface area (Å²) in [5.41, 5.74) is 6.45. The van der Waals surface area contributed by atoms with E-state index in [9.17, 15) is 4.79 Å². The Morgan fingerprint density at radius 2 is 2.24 bits per heavy atom. The monoisotopic (exact) mass is 256 g/mol. The van der Waals surface area contributed by atoms with Crippen LogP contribution in [0.5, 0.6) is 0 Å². The molecule has 1 aromatic rings. The summed E-state index contributed by atoms with van der Waals surface area (Å²) in [6, 6.07) is 0. The lowest BCUT2D eigenvalue weighted by atomic mass is 9.93. The van der Waals surface area contributed by atoms with Crippen LogP contribution in [0.15, 0.2) is 5.38 Å². The van der Waals surface area contributed by atoms with Crippen molar-refractivity contribution in [2.24, 2.45) is 11.7 Å². The van der Waals surface area contributed by atoms with Crippen LogP contribution in [-0.2, 0) is 16.6 Å². The second-order valence-corrected chi connectivity index (χ2v) is 6.14. The lowest BCUT2D eigenvalue weighted by molar-refractivity contribution is -0.141. The van der Waals surface area contributed by atoms with Crippen LogP contribution in [-0.4, -0.2) is 22.6 Å². The van der Waals surface area contributed by atoms with Crippen molar-refractivity contribution >= 4 is 17.3 Å². The van der Waals surface area contributed by atoms with E-state index in [2.05, 4.69) is 25.8 Å². The zero-order valence-corrected chi connectivity index (χ0v) is 11.4. The first-order valence-corrected chi connectivity index (χ1v) is 6.60. The number of hydrogen-bond acceptors (Lipinski definition) is 4. The van der Waals surface area contributed by atoms with Gasteiger partial charge in [0.25, 0.3) is 0 Å². The molecule has 0 saturated heterocycles. The lowest BCUT2D eigenvalue weighted by Crippen LogP contribution is -2.20. The van der Waals surface area contributed by atoms with Crippen molar-refractivity contribution in [2.75, 3.05) is 6.54 Å². The highest BCUT2D eigenvalue weighted by atomic mass is 32.1. The van der Waals surface area contributed by atoms with Crippen molar-refractivity contribution in [3.63, 3.8) is 0 Å². The predicted octanol–water partition coefficient (Wildman–Crippen LogP) is 2.03. The average molecular weight is 256 g/mol. The molecule has 5 heteroatoms. The van der Waals surface area contributed by atoms with E-state index in [0.717, 1.165) is 10.7 Å². The van der Waals surface area contributed by atoms with E-state index in [1.165, 1.54) is 11.3 Å². The molecule has 96 valence electrons. The third kappa shape index (κ3) is 4.09. The van der Waals surface area contributed by atoms with Crippen LogP contribution in [0, 0.1) is 5.92 Å². The summed E-state index contributed by atoms with van der Waals surface area (Å²) < 4.78 is 0. The largest absolute Gasteiger partial charge is 0.481 e. The molecule has 0 amide bonds. The van der Waals surface area contributed by atoms with Gasteiger partial charge in [-0.1, -0.05) is 20.8 Å². The van der Waals surface area contributed by atoms with Gasteiger partial charge in [-0.2, -0.15) is 0 Å². The topological polar surface area (TPSA) is 76.2 Å². The number of carbonyl (C=O) groups is 1. The van der Waals surface area contributed by atoms with E-state index >= 15 is 0 Å². The lowest BCUT2D eigenvalue weighted by Gasteiger charge is -2.14. The molecule has 1 aromatic heterocycles. The van der Waals surface area contributed by atoms with Crippen molar-refractivity contribution in [3.8, 4) is 0 Å². The van der Waals surface area contributed by atoms with Gasteiger partial charge in [-0.05, 0) is 13.0 Å². The number of carboxylic acid groups (broad SMARTS) is 1. The van der Waals surface area contributed by atoms with E-state index in [0.29, 0.717) is 19.4 Å². The van der Waals surface area contributed by atoms with Crippen LogP contribution in [0.1, 0.15) is 37.9 Å². The molecule has 0 saturated carbocycles. The fraction of sp³-hybridized carbons (Fsp3) is 0.667. The van der Waals surface area contributed by atoms with Crippen molar-refractivity contribution < 1.29 is 9.90 Å². The zero-order chi connectivity index (χ0) is 13.1. The maximum absolute atomic E-state index is 11.0. The predicted molar refractivity (Wildman–Crippen MR) is 69.3 cm³/mol. The minimum Gasteiger partial charge on any atom is -0.481 e. The van der Waals surface area contributed by atoms with Gasteiger partial charge in [0.1, 0.15) is 0 Å². The van der Waals surface area contributed by atoms with Crippen LogP contribution in [0.2, 0.25) is 0 Å². The third-order valence-corrected chi connectivity index (χ3v) is 3.48. The molecule has 1 unspecified atom stereocenters. The van der Waals surface area contributed by atoms with Crippen LogP contribution in [0.3, 0.4) is 0 Å². The van der Waals surface area contributed by atoms with Gasteiger partial charge in [0.05, 0.1) is 16.6 Å². The Morgan fingerprint density at radius 1 is 1.59 bits per heavy atom. The maximum Gasteiger partial charge on any atom is 0.306 e. The van der Waals surface area contributed by atoms with Crippen LogP contribution >= 0.6 is 11.3 Å². The Bertz CT molecular complexity index is 382. The first-order chi connectivity index (χ1) is 7.84. The minimum absolute atomic E-state index is 0.0152. The molecule has 0 bridgehead atoms. The molecule has 4 nitrogen and oxygen atoms in total. The fourth-order valence-corrected chi connectivity index (χ4v) is 2.58. The molecule has 1 atom stereocenters. The van der Waals surface area contributed by atoms with Gasteiger partial charge >= 0.3 is 5.97 Å². The molecule has 17 heavy (non-hydrogen) atoms. The maximum atomic E-state index is 11.0. The van der Waals surface area contributed by atoms with Crippen molar-refractivity contribution in [2.45, 2.75) is 39.0 Å². The van der Waals surface area contributed by atoms with Crippen LogP contribution < -0.4 is 5.73 Å². The summed E-state index contributed by atoms with van der Waals surface area (Å²) in [5.74, 6) is -1.21. The SMILES string of the molecule is CC(C)(C)c1csc(CC(CCN)C(=O)O)n1. The number of aromatic nitrogens is 1. The Hall–Kier alpha value is -0.940. The second-order valence-electron chi connectivity index (χ2n) is 5.19. The number of carboxylic acids is 1. The highest BCUT2D eigenvalue weighted by Crippen LogP contribution is 2.25. The smallest absolute Gasteiger partial charge is 0.306 e. The highest BCUT2D eigenvalue weighted by molar-refractivity contribution is 7.09. The molecule has 0 aliphatic rings. The Balaban J connectivity index is 2.74. The molecule has 0 aromatic carbocycles. The molecular weight excluding hydrogens is 236 g/mol. The van der Waals surface area contributed by atoms with Crippen LogP contribution in [0.25, 0.3) is 0 Å². The van der Waals surface area contributed by atoms with Crippen molar-refractivity contribution in [3.05, 3.63) is 16.1 Å². The Kier molecular flexibility index (Phi) is 4.65. The van der Waals surface area contributed by atoms with Crippen molar-refractivity contribution in [1.82, 2.24) is 4.98 Å². The van der Waals surface area contributed by atoms with E-state index in [1.54, 1.807) is 0 Å². The van der Waals surface area contributed by atoms with Gasteiger partial charge in [-0.15, -0.1) is 11.3 Å². The fourth-order valence-electron chi connectivity index (χ4n) is 1.47. The molecule has 1 heterocycles. The summed E-state index contributed by atoms with van der Waals surface area (Å²) in [4.78, 5) is 15.5. The Labute approximate surface area is 106 Å². The minimum atomic E-state index is -0.789.